The molecule has 0 amide bonds. The third kappa shape index (κ3) is 5.07. The normalized spacial score (nSPS) is 10.8. The lowest BCUT2D eigenvalue weighted by Gasteiger charge is -2.02. The van der Waals surface area contributed by atoms with Crippen molar-refractivity contribution in [3.05, 3.63) is 65.3 Å². The molecule has 0 aliphatic rings. The molecule has 0 spiro atoms. The summed E-state index contributed by atoms with van der Waals surface area (Å²) in [7, 11) is 1.61. The second-order valence-electron chi connectivity index (χ2n) is 5.74. The van der Waals surface area contributed by atoms with E-state index in [1.165, 1.54) is 11.8 Å². The highest BCUT2D eigenvalue weighted by molar-refractivity contribution is 7.98. The van der Waals surface area contributed by atoms with E-state index in [2.05, 4.69) is 20.3 Å². The van der Waals surface area contributed by atoms with Gasteiger partial charge < -0.3 is 18.4 Å². The fourth-order valence-electron chi connectivity index (χ4n) is 2.35. The van der Waals surface area contributed by atoms with Crippen molar-refractivity contribution in [2.75, 3.05) is 7.11 Å². The van der Waals surface area contributed by atoms with Gasteiger partial charge in [0, 0.05) is 10.6 Å². The van der Waals surface area contributed by atoms with Crippen molar-refractivity contribution >= 4 is 23.4 Å². The number of nitrogens with zero attached hydrogens (tertiary/aromatic N) is 4. The predicted molar refractivity (Wildman–Crippen MR) is 106 cm³/mol. The smallest absolute Gasteiger partial charge is 0.277 e. The van der Waals surface area contributed by atoms with Gasteiger partial charge in [0.05, 0.1) is 12.9 Å². The third-order valence-electron chi connectivity index (χ3n) is 3.74. The first-order chi connectivity index (χ1) is 14.2. The van der Waals surface area contributed by atoms with Gasteiger partial charge in [-0.2, -0.15) is 4.98 Å². The lowest BCUT2D eigenvalue weighted by molar-refractivity contribution is 0.252. The molecule has 10 heteroatoms. The standard InChI is InChI=1S/C19H15ClN4O4S/c1-25-15-4-2-3-12(9-15)18-21-17(28-24-18)11-29-19-23-22-16(27-19)10-26-14-7-5-13(20)6-8-14/h2-9H,10-11H2,1H3. The maximum Gasteiger partial charge on any atom is 0.277 e. The summed E-state index contributed by atoms with van der Waals surface area (Å²) < 4.78 is 21.6. The van der Waals surface area contributed by atoms with Crippen molar-refractivity contribution in [3.8, 4) is 22.9 Å². The van der Waals surface area contributed by atoms with E-state index in [1.807, 2.05) is 24.3 Å². The molecule has 8 nitrogen and oxygen atoms in total. The lowest BCUT2D eigenvalue weighted by Crippen LogP contribution is -1.95. The molecule has 0 fully saturated rings. The van der Waals surface area contributed by atoms with Gasteiger partial charge in [0.15, 0.2) is 6.61 Å². The van der Waals surface area contributed by atoms with Crippen LogP contribution in [0.25, 0.3) is 11.4 Å². The maximum atomic E-state index is 5.85. The number of ether oxygens (including phenoxy) is 2. The van der Waals surface area contributed by atoms with Crippen molar-refractivity contribution in [1.82, 2.24) is 20.3 Å². The minimum absolute atomic E-state index is 0.162. The van der Waals surface area contributed by atoms with Crippen LogP contribution in [0.1, 0.15) is 11.8 Å². The lowest BCUT2D eigenvalue weighted by atomic mass is 10.2. The molecule has 0 bridgehead atoms. The van der Waals surface area contributed by atoms with Gasteiger partial charge in [0.25, 0.3) is 11.1 Å². The molecule has 0 saturated carbocycles. The second kappa shape index (κ2) is 8.97. The number of hydrogen-bond acceptors (Lipinski definition) is 9. The highest BCUT2D eigenvalue weighted by Gasteiger charge is 2.13. The van der Waals surface area contributed by atoms with Gasteiger partial charge in [0.2, 0.25) is 11.7 Å². The van der Waals surface area contributed by atoms with E-state index in [0.29, 0.717) is 39.4 Å². The van der Waals surface area contributed by atoms with Crippen molar-refractivity contribution in [3.63, 3.8) is 0 Å². The van der Waals surface area contributed by atoms with Crippen LogP contribution < -0.4 is 9.47 Å². The van der Waals surface area contributed by atoms with Crippen LogP contribution >= 0.6 is 23.4 Å². The van der Waals surface area contributed by atoms with E-state index in [9.17, 15) is 0 Å². The quantitative estimate of drug-likeness (QED) is 0.370. The van der Waals surface area contributed by atoms with Crippen LogP contribution in [0.4, 0.5) is 0 Å². The summed E-state index contributed by atoms with van der Waals surface area (Å²) in [5.41, 5.74) is 0.809. The summed E-state index contributed by atoms with van der Waals surface area (Å²) in [4.78, 5) is 4.38. The molecule has 29 heavy (non-hydrogen) atoms. The number of halogens is 1. The number of thioether (sulfide) groups is 1. The van der Waals surface area contributed by atoms with E-state index < -0.39 is 0 Å². The Labute approximate surface area is 175 Å². The number of aromatic nitrogens is 4. The monoisotopic (exact) mass is 430 g/mol. The van der Waals surface area contributed by atoms with Crippen LogP contribution in [0.3, 0.4) is 0 Å². The first-order valence-corrected chi connectivity index (χ1v) is 9.86. The Balaban J connectivity index is 1.32. The molecule has 4 rings (SSSR count). The molecule has 0 aliphatic heterocycles. The van der Waals surface area contributed by atoms with Gasteiger partial charge in [-0.3, -0.25) is 0 Å². The fourth-order valence-corrected chi connectivity index (χ4v) is 3.09. The molecule has 0 saturated heterocycles. The third-order valence-corrected chi connectivity index (χ3v) is 4.79. The topological polar surface area (TPSA) is 96.3 Å². The molecule has 0 unspecified atom stereocenters. The van der Waals surface area contributed by atoms with Crippen LogP contribution in [0.2, 0.25) is 5.02 Å². The van der Waals surface area contributed by atoms with Crippen LogP contribution in [0.5, 0.6) is 11.5 Å². The molecule has 0 aliphatic carbocycles. The second-order valence-corrected chi connectivity index (χ2v) is 7.10. The van der Waals surface area contributed by atoms with Gasteiger partial charge in [-0.1, -0.05) is 40.7 Å². The molecule has 0 atom stereocenters. The van der Waals surface area contributed by atoms with E-state index in [-0.39, 0.29) is 6.61 Å². The van der Waals surface area contributed by atoms with Gasteiger partial charge in [-0.05, 0) is 36.4 Å². The van der Waals surface area contributed by atoms with Gasteiger partial charge >= 0.3 is 0 Å². The Kier molecular flexibility index (Phi) is 5.97. The summed E-state index contributed by atoms with van der Waals surface area (Å²) in [5.74, 6) is 3.09. The SMILES string of the molecule is COc1cccc(-c2noc(CSc3nnc(COc4ccc(Cl)cc4)o3)n2)c1. The molecule has 0 N–H and O–H groups in total. The summed E-state index contributed by atoms with van der Waals surface area (Å²) in [6, 6.07) is 14.5. The van der Waals surface area contributed by atoms with Gasteiger partial charge in [-0.15, -0.1) is 10.2 Å². The zero-order chi connectivity index (χ0) is 20.1. The molecular formula is C19H15ClN4O4S. The Morgan fingerprint density at radius 2 is 1.90 bits per heavy atom. The first-order valence-electron chi connectivity index (χ1n) is 8.50. The number of hydrogen-bond donors (Lipinski definition) is 0. The largest absolute Gasteiger partial charge is 0.497 e. The summed E-state index contributed by atoms with van der Waals surface area (Å²) >= 11 is 7.15. The maximum absolute atomic E-state index is 5.85. The Morgan fingerprint density at radius 3 is 2.72 bits per heavy atom. The molecular weight excluding hydrogens is 416 g/mol. The first kappa shape index (κ1) is 19.3. The zero-order valence-electron chi connectivity index (χ0n) is 15.2. The van der Waals surface area contributed by atoms with E-state index >= 15 is 0 Å². The molecule has 148 valence electrons. The molecule has 4 aromatic rings. The van der Waals surface area contributed by atoms with Crippen molar-refractivity contribution in [2.24, 2.45) is 0 Å². The zero-order valence-corrected chi connectivity index (χ0v) is 16.8. The highest BCUT2D eigenvalue weighted by Crippen LogP contribution is 2.25. The Hall–Kier alpha value is -3.04. The number of rotatable bonds is 8. The van der Waals surface area contributed by atoms with Gasteiger partial charge in [0.1, 0.15) is 11.5 Å². The average Bonchev–Trinajstić information content (AvgIpc) is 3.41. The van der Waals surface area contributed by atoms with Crippen LogP contribution in [-0.2, 0) is 12.4 Å². The van der Waals surface area contributed by atoms with E-state index in [4.69, 9.17) is 30.0 Å². The van der Waals surface area contributed by atoms with E-state index in [0.717, 1.165) is 11.3 Å². The number of methoxy groups -OCH3 is 1. The Bertz CT molecular complexity index is 1080. The van der Waals surface area contributed by atoms with Crippen LogP contribution in [0.15, 0.2) is 62.7 Å². The Morgan fingerprint density at radius 1 is 1.03 bits per heavy atom. The molecule has 2 heterocycles. The van der Waals surface area contributed by atoms with Crippen LogP contribution in [-0.4, -0.2) is 27.4 Å². The average molecular weight is 431 g/mol. The van der Waals surface area contributed by atoms with Crippen molar-refractivity contribution in [2.45, 2.75) is 17.6 Å². The minimum Gasteiger partial charge on any atom is -0.497 e. The molecule has 0 radical (unpaired) electrons. The number of benzene rings is 2. The van der Waals surface area contributed by atoms with Crippen molar-refractivity contribution < 1.29 is 18.4 Å². The van der Waals surface area contributed by atoms with E-state index in [1.54, 1.807) is 31.4 Å². The predicted octanol–water partition coefficient (Wildman–Crippen LogP) is 4.65. The summed E-state index contributed by atoms with van der Waals surface area (Å²) in [6.07, 6.45) is 0. The highest BCUT2D eigenvalue weighted by atomic mass is 35.5. The fraction of sp³-hybridized carbons (Fsp3) is 0.158. The van der Waals surface area contributed by atoms with Crippen LogP contribution in [0, 0.1) is 0 Å². The van der Waals surface area contributed by atoms with Gasteiger partial charge in [-0.25, -0.2) is 0 Å². The summed E-state index contributed by atoms with van der Waals surface area (Å²) in [5, 5.41) is 13.0. The molecule has 2 aromatic heterocycles. The minimum atomic E-state index is 0.162. The van der Waals surface area contributed by atoms with Crippen molar-refractivity contribution in [1.29, 1.82) is 0 Å². The molecule has 2 aromatic carbocycles. The summed E-state index contributed by atoms with van der Waals surface area (Å²) in [6.45, 7) is 0.162.